The van der Waals surface area contributed by atoms with E-state index in [9.17, 15) is 0 Å². The summed E-state index contributed by atoms with van der Waals surface area (Å²) in [5.41, 5.74) is 2.71. The quantitative estimate of drug-likeness (QED) is 0.462. The molecule has 0 atom stereocenters. The number of hydrogen-bond donors (Lipinski definition) is 0. The molecular formula is C12H24O2. The van der Waals surface area contributed by atoms with Gasteiger partial charge in [-0.2, -0.15) is 0 Å². The van der Waals surface area contributed by atoms with Crippen molar-refractivity contribution in [3.8, 4) is 0 Å². The van der Waals surface area contributed by atoms with Crippen molar-refractivity contribution in [3.05, 3.63) is 11.1 Å². The Morgan fingerprint density at radius 3 is 2.07 bits per heavy atom. The van der Waals surface area contributed by atoms with Gasteiger partial charge in [0.05, 0.1) is 0 Å². The van der Waals surface area contributed by atoms with Gasteiger partial charge in [-0.25, -0.2) is 0 Å². The lowest BCUT2D eigenvalue weighted by Gasteiger charge is -2.20. The minimum absolute atomic E-state index is 0.151. The molecule has 0 bridgehead atoms. The predicted molar refractivity (Wildman–Crippen MR) is 60.3 cm³/mol. The normalized spacial score (nSPS) is 13.3. The third-order valence-corrected chi connectivity index (χ3v) is 2.59. The Labute approximate surface area is 88.3 Å². The van der Waals surface area contributed by atoms with Crippen LogP contribution in [0.3, 0.4) is 0 Å². The summed E-state index contributed by atoms with van der Waals surface area (Å²) in [5.74, 6) is 0. The van der Waals surface area contributed by atoms with E-state index in [4.69, 9.17) is 9.47 Å². The zero-order chi connectivity index (χ0) is 11.0. The first-order valence-electron chi connectivity index (χ1n) is 5.45. The SMILES string of the molecule is CCCC/C(=C(/C)CC)C(OC)OC. The van der Waals surface area contributed by atoms with Crippen molar-refractivity contribution in [3.63, 3.8) is 0 Å². The molecule has 0 rings (SSSR count). The van der Waals surface area contributed by atoms with E-state index in [2.05, 4.69) is 20.8 Å². The van der Waals surface area contributed by atoms with Crippen molar-refractivity contribution in [2.24, 2.45) is 0 Å². The van der Waals surface area contributed by atoms with Gasteiger partial charge in [0.15, 0.2) is 6.29 Å². The maximum Gasteiger partial charge on any atom is 0.179 e. The third kappa shape index (κ3) is 4.25. The van der Waals surface area contributed by atoms with Crippen LogP contribution in [0.25, 0.3) is 0 Å². The van der Waals surface area contributed by atoms with Gasteiger partial charge in [-0.1, -0.05) is 25.8 Å². The summed E-state index contributed by atoms with van der Waals surface area (Å²) in [6.45, 7) is 6.53. The van der Waals surface area contributed by atoms with Crippen LogP contribution in [0.4, 0.5) is 0 Å². The molecule has 0 saturated heterocycles. The lowest BCUT2D eigenvalue weighted by atomic mass is 10.0. The Morgan fingerprint density at radius 1 is 1.14 bits per heavy atom. The Kier molecular flexibility index (Phi) is 7.81. The van der Waals surface area contributed by atoms with Gasteiger partial charge in [-0.3, -0.25) is 0 Å². The fourth-order valence-corrected chi connectivity index (χ4v) is 1.51. The standard InChI is InChI=1S/C12H24O2/c1-6-8-9-11(10(3)7-2)12(13-4)14-5/h12H,6-9H2,1-5H3/b11-10+. The van der Waals surface area contributed by atoms with Crippen LogP contribution in [-0.2, 0) is 9.47 Å². The average Bonchev–Trinajstić information content (AvgIpc) is 2.23. The van der Waals surface area contributed by atoms with Crippen LogP contribution in [0.1, 0.15) is 46.5 Å². The van der Waals surface area contributed by atoms with Crippen LogP contribution in [-0.4, -0.2) is 20.5 Å². The molecule has 0 N–H and O–H groups in total. The van der Waals surface area contributed by atoms with E-state index in [1.165, 1.54) is 24.0 Å². The van der Waals surface area contributed by atoms with Crippen LogP contribution in [0.5, 0.6) is 0 Å². The highest BCUT2D eigenvalue weighted by molar-refractivity contribution is 5.14. The number of rotatable bonds is 7. The molecule has 0 radical (unpaired) electrons. The van der Waals surface area contributed by atoms with E-state index in [-0.39, 0.29) is 6.29 Å². The highest BCUT2D eigenvalue weighted by atomic mass is 16.7. The summed E-state index contributed by atoms with van der Waals surface area (Å²) >= 11 is 0. The number of methoxy groups -OCH3 is 2. The van der Waals surface area contributed by atoms with Gasteiger partial charge in [0, 0.05) is 14.2 Å². The van der Waals surface area contributed by atoms with Gasteiger partial charge in [0.2, 0.25) is 0 Å². The molecule has 0 saturated carbocycles. The van der Waals surface area contributed by atoms with E-state index in [1.807, 2.05) is 0 Å². The van der Waals surface area contributed by atoms with Crippen LogP contribution in [0.2, 0.25) is 0 Å². The average molecular weight is 200 g/mol. The first kappa shape index (κ1) is 13.7. The van der Waals surface area contributed by atoms with E-state index < -0.39 is 0 Å². The van der Waals surface area contributed by atoms with Crippen molar-refractivity contribution in [1.82, 2.24) is 0 Å². The first-order valence-corrected chi connectivity index (χ1v) is 5.45. The second-order valence-electron chi connectivity index (χ2n) is 3.57. The van der Waals surface area contributed by atoms with Gasteiger partial charge in [0.1, 0.15) is 0 Å². The molecule has 0 aromatic heterocycles. The molecular weight excluding hydrogens is 176 g/mol. The molecule has 0 aliphatic rings. The van der Waals surface area contributed by atoms with Crippen molar-refractivity contribution in [2.45, 2.75) is 52.7 Å². The summed E-state index contributed by atoms with van der Waals surface area (Å²) in [6, 6.07) is 0. The molecule has 0 aromatic rings. The Balaban J connectivity index is 4.52. The number of ether oxygens (including phenoxy) is 2. The van der Waals surface area contributed by atoms with Crippen molar-refractivity contribution in [1.29, 1.82) is 0 Å². The molecule has 84 valence electrons. The summed E-state index contributed by atoms with van der Waals surface area (Å²) in [7, 11) is 3.39. The zero-order valence-electron chi connectivity index (χ0n) is 10.2. The molecule has 0 spiro atoms. The van der Waals surface area contributed by atoms with Gasteiger partial charge < -0.3 is 9.47 Å². The van der Waals surface area contributed by atoms with Gasteiger partial charge in [-0.05, 0) is 31.8 Å². The van der Waals surface area contributed by atoms with Crippen LogP contribution in [0, 0.1) is 0 Å². The maximum absolute atomic E-state index is 5.30. The zero-order valence-corrected chi connectivity index (χ0v) is 10.2. The second kappa shape index (κ2) is 8.01. The number of allylic oxidation sites excluding steroid dienone is 1. The predicted octanol–water partition coefficient (Wildman–Crippen LogP) is 3.52. The highest BCUT2D eigenvalue weighted by Crippen LogP contribution is 2.21. The Bertz CT molecular complexity index is 169. The molecule has 0 aromatic carbocycles. The number of hydrogen-bond acceptors (Lipinski definition) is 2. The highest BCUT2D eigenvalue weighted by Gasteiger charge is 2.13. The van der Waals surface area contributed by atoms with Crippen LogP contribution >= 0.6 is 0 Å². The van der Waals surface area contributed by atoms with Crippen LogP contribution in [0.15, 0.2) is 11.1 Å². The third-order valence-electron chi connectivity index (χ3n) is 2.59. The van der Waals surface area contributed by atoms with E-state index >= 15 is 0 Å². The van der Waals surface area contributed by atoms with Crippen LogP contribution < -0.4 is 0 Å². The minimum Gasteiger partial charge on any atom is -0.352 e. The summed E-state index contributed by atoms with van der Waals surface area (Å²) in [5, 5.41) is 0. The second-order valence-corrected chi connectivity index (χ2v) is 3.57. The summed E-state index contributed by atoms with van der Waals surface area (Å²) < 4.78 is 10.6. The maximum atomic E-state index is 5.30. The van der Waals surface area contributed by atoms with E-state index in [1.54, 1.807) is 14.2 Å². The van der Waals surface area contributed by atoms with Gasteiger partial charge >= 0.3 is 0 Å². The van der Waals surface area contributed by atoms with Gasteiger partial charge in [-0.15, -0.1) is 0 Å². The summed E-state index contributed by atoms with van der Waals surface area (Å²) in [6.07, 6.45) is 4.42. The molecule has 0 aliphatic carbocycles. The molecule has 2 nitrogen and oxygen atoms in total. The monoisotopic (exact) mass is 200 g/mol. The minimum atomic E-state index is -0.151. The van der Waals surface area contributed by atoms with E-state index in [0.717, 1.165) is 12.8 Å². The summed E-state index contributed by atoms with van der Waals surface area (Å²) in [4.78, 5) is 0. The first-order chi connectivity index (χ1) is 6.71. The molecule has 0 amide bonds. The fourth-order valence-electron chi connectivity index (χ4n) is 1.51. The molecule has 14 heavy (non-hydrogen) atoms. The Hall–Kier alpha value is -0.340. The molecule has 0 fully saturated rings. The van der Waals surface area contributed by atoms with Crippen molar-refractivity contribution >= 4 is 0 Å². The van der Waals surface area contributed by atoms with Crippen molar-refractivity contribution < 1.29 is 9.47 Å². The fraction of sp³-hybridized carbons (Fsp3) is 0.833. The Morgan fingerprint density at radius 2 is 1.71 bits per heavy atom. The molecule has 0 heterocycles. The molecule has 0 aliphatic heterocycles. The molecule has 0 unspecified atom stereocenters. The number of unbranched alkanes of at least 4 members (excludes halogenated alkanes) is 1. The largest absolute Gasteiger partial charge is 0.352 e. The van der Waals surface area contributed by atoms with E-state index in [0.29, 0.717) is 0 Å². The smallest absolute Gasteiger partial charge is 0.179 e. The lowest BCUT2D eigenvalue weighted by Crippen LogP contribution is -2.17. The topological polar surface area (TPSA) is 18.5 Å². The molecule has 2 heteroatoms. The lowest BCUT2D eigenvalue weighted by molar-refractivity contribution is -0.0775. The van der Waals surface area contributed by atoms with Crippen molar-refractivity contribution in [2.75, 3.05) is 14.2 Å². The van der Waals surface area contributed by atoms with Gasteiger partial charge in [0.25, 0.3) is 0 Å².